The van der Waals surface area contributed by atoms with Gasteiger partial charge in [0.2, 0.25) is 0 Å². The molecule has 2 aliphatic heterocycles. The van der Waals surface area contributed by atoms with Crippen LogP contribution in [0, 0.1) is 5.92 Å². The third kappa shape index (κ3) is 2.83. The van der Waals surface area contributed by atoms with Gasteiger partial charge in [-0.15, -0.1) is 0 Å². The first-order valence-corrected chi connectivity index (χ1v) is 9.21. The molecule has 0 saturated carbocycles. The van der Waals surface area contributed by atoms with E-state index < -0.39 is 0 Å². The Morgan fingerprint density at radius 1 is 1.21 bits per heavy atom. The van der Waals surface area contributed by atoms with Crippen molar-refractivity contribution in [3.8, 4) is 0 Å². The van der Waals surface area contributed by atoms with Gasteiger partial charge in [0.1, 0.15) is 5.60 Å². The second-order valence-corrected chi connectivity index (χ2v) is 7.92. The van der Waals surface area contributed by atoms with Gasteiger partial charge < -0.3 is 14.2 Å². The molecule has 0 radical (unpaired) electrons. The Balaban J connectivity index is 1.35. The van der Waals surface area contributed by atoms with Crippen LogP contribution in [0.2, 0.25) is 0 Å². The largest absolute Gasteiger partial charge is 0.376 e. The highest BCUT2D eigenvalue weighted by molar-refractivity contribution is 5.23. The van der Waals surface area contributed by atoms with E-state index in [4.69, 9.17) is 14.2 Å². The van der Waals surface area contributed by atoms with E-state index in [9.17, 15) is 0 Å². The summed E-state index contributed by atoms with van der Waals surface area (Å²) in [5.74, 6) is 0.478. The molecule has 1 aliphatic carbocycles. The van der Waals surface area contributed by atoms with Crippen molar-refractivity contribution in [1.82, 2.24) is 0 Å². The van der Waals surface area contributed by atoms with Crippen molar-refractivity contribution in [2.24, 2.45) is 5.92 Å². The Bertz CT molecular complexity index is 607. The van der Waals surface area contributed by atoms with Gasteiger partial charge in [-0.3, -0.25) is 0 Å². The SMILES string of the molecule is CC1(C)O[C@H]2CCO[C@]23CC(CCOCc2ccccc2)=CC[C@H]13. The lowest BCUT2D eigenvalue weighted by atomic mass is 9.69. The van der Waals surface area contributed by atoms with E-state index in [0.29, 0.717) is 12.5 Å². The minimum absolute atomic E-state index is 0.0725. The van der Waals surface area contributed by atoms with Gasteiger partial charge in [0.25, 0.3) is 0 Å². The van der Waals surface area contributed by atoms with Crippen LogP contribution in [0.3, 0.4) is 0 Å². The molecule has 3 heteroatoms. The number of rotatable bonds is 5. The first-order valence-electron chi connectivity index (χ1n) is 9.21. The van der Waals surface area contributed by atoms with Crippen molar-refractivity contribution in [3.63, 3.8) is 0 Å². The fraction of sp³-hybridized carbons (Fsp3) is 0.619. The van der Waals surface area contributed by atoms with Crippen molar-refractivity contribution >= 4 is 0 Å². The molecule has 3 atom stereocenters. The summed E-state index contributed by atoms with van der Waals surface area (Å²) in [5, 5.41) is 0. The lowest BCUT2D eigenvalue weighted by Gasteiger charge is -2.40. The van der Waals surface area contributed by atoms with Crippen LogP contribution in [-0.2, 0) is 20.8 Å². The zero-order valence-electron chi connectivity index (χ0n) is 14.8. The van der Waals surface area contributed by atoms with Crippen LogP contribution in [0.15, 0.2) is 42.0 Å². The first kappa shape index (κ1) is 16.3. The van der Waals surface area contributed by atoms with Crippen LogP contribution < -0.4 is 0 Å². The highest BCUT2D eigenvalue weighted by Crippen LogP contribution is 2.56. The quantitative estimate of drug-likeness (QED) is 0.597. The lowest BCUT2D eigenvalue weighted by Crippen LogP contribution is -2.46. The Hall–Kier alpha value is -1.16. The fourth-order valence-corrected chi connectivity index (χ4v) is 4.85. The van der Waals surface area contributed by atoms with Gasteiger partial charge in [-0.05, 0) is 38.7 Å². The Kier molecular flexibility index (Phi) is 4.27. The third-order valence-electron chi connectivity index (χ3n) is 6.00. The van der Waals surface area contributed by atoms with E-state index in [1.165, 1.54) is 11.1 Å². The topological polar surface area (TPSA) is 27.7 Å². The molecule has 0 unspecified atom stereocenters. The van der Waals surface area contributed by atoms with Crippen LogP contribution in [0.1, 0.15) is 45.1 Å². The molecule has 3 aliphatic rings. The molecule has 2 fully saturated rings. The summed E-state index contributed by atoms with van der Waals surface area (Å²) in [6, 6.07) is 10.4. The van der Waals surface area contributed by atoms with Crippen molar-refractivity contribution in [1.29, 1.82) is 0 Å². The maximum absolute atomic E-state index is 6.35. The average molecular weight is 328 g/mol. The van der Waals surface area contributed by atoms with Gasteiger partial charge >= 0.3 is 0 Å². The summed E-state index contributed by atoms with van der Waals surface area (Å²) in [7, 11) is 0. The zero-order valence-corrected chi connectivity index (χ0v) is 14.8. The van der Waals surface area contributed by atoms with E-state index in [1.807, 2.05) is 6.07 Å². The molecule has 3 nitrogen and oxygen atoms in total. The smallest absolute Gasteiger partial charge is 0.104 e. The van der Waals surface area contributed by atoms with Crippen molar-refractivity contribution in [3.05, 3.63) is 47.5 Å². The maximum atomic E-state index is 6.35. The monoisotopic (exact) mass is 328 g/mol. The summed E-state index contributed by atoms with van der Waals surface area (Å²) >= 11 is 0. The van der Waals surface area contributed by atoms with Gasteiger partial charge in [0.15, 0.2) is 0 Å². The third-order valence-corrected chi connectivity index (χ3v) is 6.00. The van der Waals surface area contributed by atoms with Gasteiger partial charge in [0.05, 0.1) is 31.5 Å². The molecular weight excluding hydrogens is 300 g/mol. The van der Waals surface area contributed by atoms with Crippen molar-refractivity contribution < 1.29 is 14.2 Å². The molecule has 2 heterocycles. The van der Waals surface area contributed by atoms with E-state index in [2.05, 4.69) is 44.2 Å². The van der Waals surface area contributed by atoms with Gasteiger partial charge in [0, 0.05) is 12.3 Å². The molecule has 0 aromatic heterocycles. The molecular formula is C21H28O3. The Labute approximate surface area is 145 Å². The number of allylic oxidation sites excluding steroid dienone is 1. The van der Waals surface area contributed by atoms with Gasteiger partial charge in [-0.1, -0.05) is 42.0 Å². The Morgan fingerprint density at radius 2 is 2.04 bits per heavy atom. The minimum Gasteiger partial charge on any atom is -0.376 e. The molecule has 4 rings (SSSR count). The van der Waals surface area contributed by atoms with E-state index in [-0.39, 0.29) is 17.3 Å². The summed E-state index contributed by atoms with van der Waals surface area (Å²) in [4.78, 5) is 0. The van der Waals surface area contributed by atoms with Crippen LogP contribution in [0.4, 0.5) is 0 Å². The highest BCUT2D eigenvalue weighted by atomic mass is 16.6. The summed E-state index contributed by atoms with van der Waals surface area (Å²) < 4.78 is 18.5. The van der Waals surface area contributed by atoms with E-state index in [0.717, 1.165) is 38.9 Å². The number of ether oxygens (including phenoxy) is 3. The second kappa shape index (κ2) is 6.29. The summed E-state index contributed by atoms with van der Waals surface area (Å²) in [6.07, 6.45) is 6.80. The average Bonchev–Trinajstić information content (AvgIpc) is 3.03. The lowest BCUT2D eigenvalue weighted by molar-refractivity contribution is -0.0471. The number of benzene rings is 1. The predicted octanol–water partition coefficient (Wildman–Crippen LogP) is 4.27. The molecule has 1 aromatic rings. The molecule has 0 amide bonds. The van der Waals surface area contributed by atoms with Gasteiger partial charge in [-0.25, -0.2) is 0 Å². The van der Waals surface area contributed by atoms with Crippen molar-refractivity contribution in [2.45, 2.75) is 63.4 Å². The highest BCUT2D eigenvalue weighted by Gasteiger charge is 2.63. The standard InChI is InChI=1S/C21H28O3/c1-20(2)18-9-8-16(14-21(18)19(24-20)11-13-23-21)10-12-22-15-17-6-4-3-5-7-17/h3-8,18-19H,9-15H2,1-2H3/t18-,19+,21+/m1/s1. The molecule has 1 aromatic carbocycles. The second-order valence-electron chi connectivity index (χ2n) is 7.92. The Morgan fingerprint density at radius 3 is 2.88 bits per heavy atom. The van der Waals surface area contributed by atoms with E-state index in [1.54, 1.807) is 0 Å². The van der Waals surface area contributed by atoms with Crippen LogP contribution in [0.5, 0.6) is 0 Å². The number of hydrogen-bond donors (Lipinski definition) is 0. The number of hydrogen-bond acceptors (Lipinski definition) is 3. The fourth-order valence-electron chi connectivity index (χ4n) is 4.85. The normalized spacial score (nSPS) is 33.8. The molecule has 2 saturated heterocycles. The predicted molar refractivity (Wildman–Crippen MR) is 93.8 cm³/mol. The molecule has 24 heavy (non-hydrogen) atoms. The molecule has 1 spiro atoms. The molecule has 130 valence electrons. The summed E-state index contributed by atoms with van der Waals surface area (Å²) in [5.41, 5.74) is 2.57. The van der Waals surface area contributed by atoms with Crippen LogP contribution in [0.25, 0.3) is 0 Å². The van der Waals surface area contributed by atoms with E-state index >= 15 is 0 Å². The first-order chi connectivity index (χ1) is 11.6. The summed E-state index contributed by atoms with van der Waals surface area (Å²) in [6.45, 7) is 6.76. The van der Waals surface area contributed by atoms with Crippen molar-refractivity contribution in [2.75, 3.05) is 13.2 Å². The van der Waals surface area contributed by atoms with Crippen LogP contribution in [-0.4, -0.2) is 30.5 Å². The van der Waals surface area contributed by atoms with Crippen LogP contribution >= 0.6 is 0 Å². The molecule has 0 bridgehead atoms. The minimum atomic E-state index is -0.0764. The molecule has 0 N–H and O–H groups in total. The maximum Gasteiger partial charge on any atom is 0.104 e. The van der Waals surface area contributed by atoms with Gasteiger partial charge in [-0.2, -0.15) is 0 Å². The zero-order chi connectivity index (χ0) is 16.6.